The van der Waals surface area contributed by atoms with Gasteiger partial charge in [0.25, 0.3) is 0 Å². The minimum Gasteiger partial charge on any atom is -0.598 e. The summed E-state index contributed by atoms with van der Waals surface area (Å²) in [4.78, 5) is 23.8. The SMILES string of the molecule is COC(=O)c1nc(N2CCC3(CC2)Cc2ccccc2[C@H]3N[S+]([O-])C(C)(C)C)n2ccnc2c1I. The van der Waals surface area contributed by atoms with Crippen LogP contribution in [0.4, 0.5) is 5.95 Å². The van der Waals surface area contributed by atoms with E-state index < -0.39 is 17.3 Å². The maximum Gasteiger partial charge on any atom is 0.358 e. The Bertz CT molecular complexity index is 1270. The molecule has 1 aliphatic carbocycles. The van der Waals surface area contributed by atoms with Crippen LogP contribution in [0.1, 0.15) is 61.3 Å². The number of fused-ring (bicyclic) bond motifs is 2. The first-order chi connectivity index (χ1) is 16.6. The number of esters is 1. The molecule has 1 spiro atoms. The second kappa shape index (κ2) is 9.20. The number of carbonyl (C=O) groups is 1. The van der Waals surface area contributed by atoms with Crippen molar-refractivity contribution in [2.24, 2.45) is 5.41 Å². The Labute approximate surface area is 222 Å². The minimum absolute atomic E-state index is 0.0243. The van der Waals surface area contributed by atoms with Crippen molar-refractivity contribution >= 4 is 51.5 Å². The van der Waals surface area contributed by atoms with Gasteiger partial charge in [-0.3, -0.25) is 4.40 Å². The first-order valence-corrected chi connectivity index (χ1v) is 14.0. The molecule has 0 radical (unpaired) electrons. The highest BCUT2D eigenvalue weighted by molar-refractivity contribution is 14.1. The number of imidazole rings is 1. The van der Waals surface area contributed by atoms with Crippen molar-refractivity contribution < 1.29 is 14.1 Å². The van der Waals surface area contributed by atoms with E-state index in [0.29, 0.717) is 15.2 Å². The van der Waals surface area contributed by atoms with Crippen LogP contribution in [-0.2, 0) is 22.5 Å². The van der Waals surface area contributed by atoms with Crippen LogP contribution in [0, 0.1) is 8.99 Å². The van der Waals surface area contributed by atoms with Gasteiger partial charge in [-0.25, -0.2) is 14.8 Å². The molecular weight excluding hydrogens is 577 g/mol. The Hall–Kier alpha value is -1.89. The zero-order valence-electron chi connectivity index (χ0n) is 20.4. The van der Waals surface area contributed by atoms with Crippen LogP contribution in [0.25, 0.3) is 5.65 Å². The summed E-state index contributed by atoms with van der Waals surface area (Å²) in [5.74, 6) is 0.237. The first kappa shape index (κ1) is 24.8. The lowest BCUT2D eigenvalue weighted by Gasteiger charge is -2.44. The molecule has 1 N–H and O–H groups in total. The maximum atomic E-state index is 13.1. The molecule has 1 fully saturated rings. The molecule has 3 aromatic rings. The number of methoxy groups -OCH3 is 1. The molecule has 2 aliphatic rings. The molecule has 2 aromatic heterocycles. The molecule has 2 atom stereocenters. The van der Waals surface area contributed by atoms with Gasteiger partial charge < -0.3 is 14.2 Å². The van der Waals surface area contributed by atoms with Crippen molar-refractivity contribution in [1.29, 1.82) is 0 Å². The second-order valence-electron chi connectivity index (χ2n) is 10.3. The van der Waals surface area contributed by atoms with Gasteiger partial charge in [0, 0.05) is 42.3 Å². The Morgan fingerprint density at radius 2 is 2.00 bits per heavy atom. The Morgan fingerprint density at radius 3 is 2.69 bits per heavy atom. The molecule has 0 amide bonds. The number of rotatable bonds is 4. The zero-order chi connectivity index (χ0) is 25.0. The fourth-order valence-electron chi connectivity index (χ4n) is 5.27. The largest absolute Gasteiger partial charge is 0.598 e. The summed E-state index contributed by atoms with van der Waals surface area (Å²) in [6, 6.07) is 8.56. The summed E-state index contributed by atoms with van der Waals surface area (Å²) in [5.41, 5.74) is 3.56. The number of halogens is 1. The number of nitrogens with zero attached hydrogens (tertiary/aromatic N) is 4. The average molecular weight is 608 g/mol. The van der Waals surface area contributed by atoms with E-state index in [1.165, 1.54) is 18.2 Å². The van der Waals surface area contributed by atoms with Crippen molar-refractivity contribution in [2.75, 3.05) is 25.1 Å². The topological polar surface area (TPSA) is 94.8 Å². The zero-order valence-corrected chi connectivity index (χ0v) is 23.4. The van der Waals surface area contributed by atoms with E-state index in [9.17, 15) is 9.35 Å². The van der Waals surface area contributed by atoms with Gasteiger partial charge >= 0.3 is 5.97 Å². The molecule has 10 heteroatoms. The molecule has 1 saturated heterocycles. The Kier molecular flexibility index (Phi) is 6.52. The number of anilines is 1. The fraction of sp³-hybridized carbons (Fsp3) is 0.480. The normalized spacial score (nSPS) is 20.3. The minimum atomic E-state index is -1.17. The van der Waals surface area contributed by atoms with E-state index in [0.717, 1.165) is 32.4 Å². The second-order valence-corrected chi connectivity index (χ2v) is 13.4. The van der Waals surface area contributed by atoms with Gasteiger partial charge in [-0.1, -0.05) is 24.3 Å². The van der Waals surface area contributed by atoms with E-state index >= 15 is 0 Å². The first-order valence-electron chi connectivity index (χ1n) is 11.8. The van der Waals surface area contributed by atoms with E-state index in [2.05, 4.69) is 61.5 Å². The van der Waals surface area contributed by atoms with Crippen molar-refractivity contribution in [1.82, 2.24) is 19.1 Å². The molecule has 35 heavy (non-hydrogen) atoms. The number of benzene rings is 1. The number of aromatic nitrogens is 3. The molecule has 8 nitrogen and oxygen atoms in total. The van der Waals surface area contributed by atoms with Crippen LogP contribution in [0.2, 0.25) is 0 Å². The number of hydrogen-bond acceptors (Lipinski definition) is 7. The highest BCUT2D eigenvalue weighted by Crippen LogP contribution is 2.52. The van der Waals surface area contributed by atoms with Crippen LogP contribution in [0.5, 0.6) is 0 Å². The maximum absolute atomic E-state index is 13.1. The summed E-state index contributed by atoms with van der Waals surface area (Å²) < 4.78 is 23.9. The Balaban J connectivity index is 1.46. The predicted octanol–water partition coefficient (Wildman–Crippen LogP) is 4.06. The predicted molar refractivity (Wildman–Crippen MR) is 145 cm³/mol. The number of nitrogens with one attached hydrogen (secondary N) is 1. The van der Waals surface area contributed by atoms with E-state index in [1.807, 2.05) is 31.4 Å². The van der Waals surface area contributed by atoms with Gasteiger partial charge in [0.2, 0.25) is 5.95 Å². The third kappa shape index (κ3) is 4.32. The molecule has 5 rings (SSSR count). The fourth-order valence-corrected chi connectivity index (χ4v) is 6.95. The third-order valence-corrected chi connectivity index (χ3v) is 9.75. The van der Waals surface area contributed by atoms with E-state index in [4.69, 9.17) is 9.72 Å². The van der Waals surface area contributed by atoms with E-state index in [1.54, 1.807) is 6.20 Å². The van der Waals surface area contributed by atoms with Crippen molar-refractivity contribution in [3.63, 3.8) is 0 Å². The number of piperidine rings is 1. The van der Waals surface area contributed by atoms with Crippen LogP contribution >= 0.6 is 22.6 Å². The lowest BCUT2D eigenvalue weighted by Crippen LogP contribution is -2.50. The molecule has 0 bridgehead atoms. The van der Waals surface area contributed by atoms with Gasteiger partial charge in [0.1, 0.15) is 4.75 Å². The molecule has 186 valence electrons. The quantitative estimate of drug-likeness (QED) is 0.272. The highest BCUT2D eigenvalue weighted by atomic mass is 127. The lowest BCUT2D eigenvalue weighted by molar-refractivity contribution is 0.0592. The summed E-state index contributed by atoms with van der Waals surface area (Å²) in [7, 11) is 1.37. The molecule has 1 aliphatic heterocycles. The summed E-state index contributed by atoms with van der Waals surface area (Å²) in [6.45, 7) is 7.56. The number of hydrogen-bond donors (Lipinski definition) is 1. The standard InChI is InChI=1S/C25H30IN5O3S/c1-24(2,3)35(33)29-20-17-8-6-5-7-16(17)15-25(20)9-12-30(13-10-25)23-28-19(22(32)34-4)18(26)21-27-11-14-31(21)23/h5-8,11,14,20,29H,9-10,12-13,15H2,1-4H3/t20-,35?/m1/s1. The average Bonchev–Trinajstić information content (AvgIpc) is 3.43. The Morgan fingerprint density at radius 1 is 1.29 bits per heavy atom. The van der Waals surface area contributed by atoms with Gasteiger partial charge in [-0.2, -0.15) is 0 Å². The van der Waals surface area contributed by atoms with E-state index in [-0.39, 0.29) is 21.9 Å². The highest BCUT2D eigenvalue weighted by Gasteiger charge is 2.50. The smallest absolute Gasteiger partial charge is 0.358 e. The van der Waals surface area contributed by atoms with Crippen molar-refractivity contribution in [2.45, 2.75) is 50.8 Å². The van der Waals surface area contributed by atoms with Crippen molar-refractivity contribution in [3.05, 3.63) is 57.1 Å². The van der Waals surface area contributed by atoms with Crippen LogP contribution in [-0.4, -0.2) is 49.8 Å². The van der Waals surface area contributed by atoms with Crippen LogP contribution < -0.4 is 9.62 Å². The monoisotopic (exact) mass is 607 g/mol. The molecule has 0 saturated carbocycles. The van der Waals surface area contributed by atoms with Crippen molar-refractivity contribution in [3.8, 4) is 0 Å². The molecule has 1 unspecified atom stereocenters. The summed E-state index contributed by atoms with van der Waals surface area (Å²) >= 11 is 0.932. The molecule has 3 heterocycles. The summed E-state index contributed by atoms with van der Waals surface area (Å²) in [6.07, 6.45) is 6.40. The van der Waals surface area contributed by atoms with Crippen LogP contribution in [0.3, 0.4) is 0 Å². The number of carbonyl (C=O) groups excluding carboxylic acids is 1. The summed E-state index contributed by atoms with van der Waals surface area (Å²) in [5, 5.41) is 0. The third-order valence-electron chi connectivity index (χ3n) is 7.20. The van der Waals surface area contributed by atoms with Gasteiger partial charge in [-0.15, -0.1) is 4.72 Å². The lowest BCUT2D eigenvalue weighted by atomic mass is 9.73. The van der Waals surface area contributed by atoms with Crippen LogP contribution in [0.15, 0.2) is 36.7 Å². The molecule has 1 aromatic carbocycles. The van der Waals surface area contributed by atoms with Gasteiger partial charge in [0.05, 0.1) is 16.7 Å². The molecular formula is C25H30IN5O3S. The van der Waals surface area contributed by atoms with Gasteiger partial charge in [-0.05, 0) is 73.8 Å². The number of ether oxygens (including phenoxy) is 1. The van der Waals surface area contributed by atoms with Gasteiger partial charge in [0.15, 0.2) is 11.3 Å².